The molecule has 2 saturated heterocycles. The van der Waals surface area contributed by atoms with Gasteiger partial charge in [-0.2, -0.15) is 0 Å². The van der Waals surface area contributed by atoms with Gasteiger partial charge in [-0.25, -0.2) is 15.4 Å². The highest BCUT2D eigenvalue weighted by Gasteiger charge is 2.40. The van der Waals surface area contributed by atoms with Gasteiger partial charge in [-0.15, -0.1) is 0 Å². The number of cyclic esters (lactones) is 1. The Morgan fingerprint density at radius 3 is 2.48 bits per heavy atom. The number of nitrogens with zero attached hydrogens (tertiary/aromatic N) is 7. The second-order valence-electron chi connectivity index (χ2n) is 19.1. The molecule has 5 heterocycles. The van der Waals surface area contributed by atoms with Gasteiger partial charge in [0.25, 0.3) is 11.8 Å². The second-order valence-corrected chi connectivity index (χ2v) is 19.1. The van der Waals surface area contributed by atoms with E-state index >= 15 is 0 Å². The summed E-state index contributed by atoms with van der Waals surface area (Å²) in [6.07, 6.45) is 7.42. The zero-order valence-electron chi connectivity index (χ0n) is 39.0. The van der Waals surface area contributed by atoms with Crippen molar-refractivity contribution in [1.29, 1.82) is 0 Å². The molecule has 3 aliphatic heterocycles. The number of hydrogen-bond acceptors (Lipinski definition) is 10. The van der Waals surface area contributed by atoms with Crippen LogP contribution in [0, 0.1) is 29.1 Å². The summed E-state index contributed by atoms with van der Waals surface area (Å²) in [5, 5.41) is 5.57. The molecule has 0 radical (unpaired) electrons. The van der Waals surface area contributed by atoms with E-state index in [4.69, 9.17) is 4.74 Å². The van der Waals surface area contributed by atoms with Crippen molar-refractivity contribution in [3.05, 3.63) is 72.3 Å². The number of likely N-dealkylation sites (tertiary alicyclic amines) is 1. The third-order valence-electron chi connectivity index (χ3n) is 12.7. The smallest absolute Gasteiger partial charge is 0.324 e. The first kappa shape index (κ1) is 46.9. The van der Waals surface area contributed by atoms with Gasteiger partial charge in [0, 0.05) is 73.9 Å². The number of fused-ring (bicyclic) bond motifs is 6. The zero-order valence-corrected chi connectivity index (χ0v) is 39.0. The summed E-state index contributed by atoms with van der Waals surface area (Å²) in [6.45, 7) is 12.3. The number of hydrazine groups is 1. The first-order chi connectivity index (χ1) is 31.0. The number of ether oxygens (including phenoxy) is 1. The van der Waals surface area contributed by atoms with Crippen molar-refractivity contribution in [2.24, 2.45) is 17.3 Å². The van der Waals surface area contributed by atoms with Crippen LogP contribution in [0.15, 0.2) is 61.2 Å². The van der Waals surface area contributed by atoms with Crippen LogP contribution in [0.4, 0.5) is 0 Å². The maximum atomic E-state index is 14.7. The van der Waals surface area contributed by atoms with Crippen LogP contribution >= 0.6 is 0 Å². The van der Waals surface area contributed by atoms with Crippen molar-refractivity contribution in [3.63, 3.8) is 0 Å². The average Bonchev–Trinajstić information content (AvgIpc) is 3.90. The van der Waals surface area contributed by atoms with Crippen LogP contribution in [0.2, 0.25) is 0 Å². The molecule has 65 heavy (non-hydrogen) atoms. The highest BCUT2D eigenvalue weighted by molar-refractivity contribution is 5.96. The van der Waals surface area contributed by atoms with Gasteiger partial charge in [-0.1, -0.05) is 63.9 Å². The lowest BCUT2D eigenvalue weighted by Crippen LogP contribution is -2.62. The van der Waals surface area contributed by atoms with Crippen LogP contribution in [0.5, 0.6) is 0 Å². The van der Waals surface area contributed by atoms with Crippen LogP contribution in [0.3, 0.4) is 0 Å². The maximum absolute atomic E-state index is 14.7. The summed E-state index contributed by atoms with van der Waals surface area (Å²) in [5.41, 5.74) is 9.52. The van der Waals surface area contributed by atoms with Gasteiger partial charge in [0.15, 0.2) is 0 Å². The molecule has 15 heteroatoms. The minimum Gasteiger partial charge on any atom is -0.464 e. The van der Waals surface area contributed by atoms with E-state index in [0.717, 1.165) is 44.4 Å². The molecule has 2 N–H and O–H groups in total. The van der Waals surface area contributed by atoms with Gasteiger partial charge in [-0.3, -0.25) is 33.9 Å². The van der Waals surface area contributed by atoms with Crippen molar-refractivity contribution in [3.8, 4) is 34.2 Å². The Kier molecular flexibility index (Phi) is 14.4. The number of hydrogen-bond donors (Lipinski definition) is 2. The van der Waals surface area contributed by atoms with E-state index in [1.807, 2.05) is 63.4 Å². The number of likely N-dealkylation sites (N-methyl/N-ethyl adjacent to an activating group) is 1. The molecular weight excluding hydrogens is 823 g/mol. The Hall–Kier alpha value is -6.11. The van der Waals surface area contributed by atoms with Gasteiger partial charge in [0.2, 0.25) is 11.8 Å². The Bertz CT molecular complexity index is 2490. The number of carbonyl (C=O) groups excluding carboxylic acids is 5. The zero-order chi connectivity index (χ0) is 46.6. The molecule has 15 nitrogen and oxygen atoms in total. The molecule has 6 bridgehead atoms. The van der Waals surface area contributed by atoms with E-state index in [1.165, 1.54) is 16.2 Å². The third-order valence-corrected chi connectivity index (χ3v) is 12.7. The molecule has 4 atom stereocenters. The molecule has 7 rings (SSSR count). The highest BCUT2D eigenvalue weighted by atomic mass is 16.5. The first-order valence-corrected chi connectivity index (χ1v) is 22.8. The molecule has 1 unspecified atom stereocenters. The van der Waals surface area contributed by atoms with Gasteiger partial charge in [-0.05, 0) is 92.9 Å². The third kappa shape index (κ3) is 10.6. The molecule has 4 amide bonds. The number of aromatic nitrogens is 3. The van der Waals surface area contributed by atoms with E-state index in [9.17, 15) is 24.0 Å². The number of aryl methyl sites for hydroxylation is 1. The Balaban J connectivity index is 1.22. The average molecular weight is 886 g/mol. The summed E-state index contributed by atoms with van der Waals surface area (Å²) in [4.78, 5) is 83.5. The predicted octanol–water partition coefficient (Wildman–Crippen LogP) is 4.33. The molecule has 0 spiro atoms. The van der Waals surface area contributed by atoms with Crippen molar-refractivity contribution in [2.75, 3.05) is 53.9 Å². The minimum atomic E-state index is -1.05. The molecule has 344 valence electrons. The molecule has 4 aromatic rings. The minimum absolute atomic E-state index is 0.144. The largest absolute Gasteiger partial charge is 0.464 e. The van der Waals surface area contributed by atoms with E-state index in [1.54, 1.807) is 11.9 Å². The lowest BCUT2D eigenvalue weighted by molar-refractivity contribution is -0.155. The SMILES string of the molecule is CCn1c(-c2cncnc2)c2c3cc(ccc31)-c1cccc(c1)C[C@H](NC(=O)C(C(C)C)N(C)C(=O)[C@H]1CCN(C(=O)C#CCN(C)C)C1)C(=O)N1CCC[C@H](N1)C(=O)OCC(C)(C)C2. The topological polar surface area (TPSA) is 162 Å². The fourth-order valence-electron chi connectivity index (χ4n) is 9.48. The lowest BCUT2D eigenvalue weighted by atomic mass is 9.84. The van der Waals surface area contributed by atoms with Crippen molar-refractivity contribution in [1.82, 2.24) is 45.0 Å². The van der Waals surface area contributed by atoms with Crippen LogP contribution in [-0.4, -0.2) is 136 Å². The molecule has 3 aliphatic rings. The standard InChI is InChI=1S/C50H63N9O6/c1-9-58-42-18-17-35-25-38(42)39(45(58)37-27-51-31-52-28-37)26-50(4,5)30-65-49(64)40-15-11-21-59(54-40)48(63)41(24-33-13-10-14-34(35)23-33)53-46(61)44(32(2)3)56(8)47(62)36-19-22-57(29-36)43(60)16-12-20-55(6)7/h10,13-14,17-18,23,25,27-28,31-32,36,40-41,44,54H,9,11,15,19-22,24,26,29-30H2,1-8H3,(H,53,61)/t36-,40-,41-,44?/m0/s1. The van der Waals surface area contributed by atoms with E-state index in [2.05, 4.69) is 82.2 Å². The number of nitrogens with one attached hydrogen (secondary N) is 2. The van der Waals surface area contributed by atoms with E-state index < -0.39 is 47.2 Å². The summed E-state index contributed by atoms with van der Waals surface area (Å²) in [5.74, 6) is 2.83. The highest BCUT2D eigenvalue weighted by Crippen LogP contribution is 2.40. The van der Waals surface area contributed by atoms with E-state index in [-0.39, 0.29) is 37.3 Å². The Morgan fingerprint density at radius 2 is 1.75 bits per heavy atom. The van der Waals surface area contributed by atoms with Crippen molar-refractivity contribution >= 4 is 40.5 Å². The molecule has 2 aromatic heterocycles. The summed E-state index contributed by atoms with van der Waals surface area (Å²) < 4.78 is 8.35. The normalized spacial score (nSPS) is 20.5. The van der Waals surface area contributed by atoms with Crippen LogP contribution in [-0.2, 0) is 48.1 Å². The summed E-state index contributed by atoms with van der Waals surface area (Å²) >= 11 is 0. The van der Waals surface area contributed by atoms with E-state index in [0.29, 0.717) is 51.9 Å². The second kappa shape index (κ2) is 20.0. The monoisotopic (exact) mass is 885 g/mol. The first-order valence-electron chi connectivity index (χ1n) is 22.8. The Morgan fingerprint density at radius 1 is 1.00 bits per heavy atom. The number of rotatable bonds is 8. The van der Waals surface area contributed by atoms with Gasteiger partial charge < -0.3 is 24.4 Å². The molecule has 0 saturated carbocycles. The fraction of sp³-hybridized carbons (Fsp3) is 0.500. The summed E-state index contributed by atoms with van der Waals surface area (Å²) in [7, 11) is 5.36. The Labute approximate surface area is 382 Å². The van der Waals surface area contributed by atoms with Gasteiger partial charge in [0.05, 0.1) is 24.8 Å². The van der Waals surface area contributed by atoms with Crippen molar-refractivity contribution in [2.45, 2.75) is 91.4 Å². The number of carbonyl (C=O) groups is 5. The van der Waals surface area contributed by atoms with Crippen molar-refractivity contribution < 1.29 is 28.7 Å². The fourth-order valence-corrected chi connectivity index (χ4v) is 9.48. The molecule has 0 aliphatic carbocycles. The quantitative estimate of drug-likeness (QED) is 0.193. The lowest BCUT2D eigenvalue weighted by Gasteiger charge is -2.37. The molecule has 2 fully saturated rings. The van der Waals surface area contributed by atoms with Crippen LogP contribution < -0.4 is 10.7 Å². The summed E-state index contributed by atoms with van der Waals surface area (Å²) in [6, 6.07) is 11.7. The van der Waals surface area contributed by atoms with Gasteiger partial charge in [0.1, 0.15) is 24.5 Å². The van der Waals surface area contributed by atoms with Crippen LogP contribution in [0.25, 0.3) is 33.3 Å². The number of benzene rings is 2. The van der Waals surface area contributed by atoms with Gasteiger partial charge >= 0.3 is 5.97 Å². The number of esters is 1. The maximum Gasteiger partial charge on any atom is 0.324 e. The predicted molar refractivity (Wildman–Crippen MR) is 248 cm³/mol. The van der Waals surface area contributed by atoms with Crippen LogP contribution in [0.1, 0.15) is 65.0 Å². The molecule has 2 aromatic carbocycles. The number of amides is 4. The molecular formula is C50H63N9O6.